The molecule has 0 aliphatic heterocycles. The molecule has 0 aliphatic rings. The van der Waals surface area contributed by atoms with Crippen molar-refractivity contribution in [1.29, 1.82) is 0 Å². The molecule has 4 heteroatoms. The van der Waals surface area contributed by atoms with Gasteiger partial charge in [0.15, 0.2) is 17.5 Å². The average molecular weight is 933 g/mol. The van der Waals surface area contributed by atoms with Crippen LogP contribution >= 0.6 is 0 Å². The largest absolute Gasteiger partial charge is 0.308 e. The van der Waals surface area contributed by atoms with E-state index in [1.54, 1.807) is 6.08 Å². The molecule has 0 unspecified atom stereocenters. The highest BCUT2D eigenvalue weighted by molar-refractivity contribution is 6.12. The Morgan fingerprint density at radius 1 is 0.301 bits per heavy atom. The molecular formula is C69H48N4. The molecule has 0 aliphatic carbocycles. The van der Waals surface area contributed by atoms with Crippen LogP contribution in [0.25, 0.3) is 123 Å². The lowest BCUT2D eigenvalue weighted by atomic mass is 9.95. The number of hydrogen-bond donors (Lipinski definition) is 0. The Morgan fingerprint density at radius 3 is 1.14 bits per heavy atom. The zero-order chi connectivity index (χ0) is 48.9. The summed E-state index contributed by atoms with van der Waals surface area (Å²) >= 11 is 0. The molecule has 344 valence electrons. The number of allylic oxidation sites excluding steroid dienone is 4. The fraction of sp³-hybridized carbons (Fsp3) is 0. The third-order valence-corrected chi connectivity index (χ3v) is 13.4. The number of nitrogens with zero attached hydrogens (tertiary/aromatic N) is 4. The van der Waals surface area contributed by atoms with E-state index in [4.69, 9.17) is 15.0 Å². The van der Waals surface area contributed by atoms with E-state index in [-0.39, 0.29) is 0 Å². The highest BCUT2D eigenvalue weighted by Gasteiger charge is 2.23. The van der Waals surface area contributed by atoms with Gasteiger partial charge in [-0.3, -0.25) is 0 Å². The van der Waals surface area contributed by atoms with Crippen LogP contribution < -0.4 is 0 Å². The minimum Gasteiger partial charge on any atom is -0.308 e. The number of rotatable bonds is 12. The topological polar surface area (TPSA) is 43.6 Å². The number of aromatic nitrogens is 4. The van der Waals surface area contributed by atoms with Crippen molar-refractivity contribution < 1.29 is 0 Å². The molecule has 0 spiro atoms. The van der Waals surface area contributed by atoms with E-state index in [0.717, 1.165) is 83.5 Å². The number of hydrogen-bond acceptors (Lipinski definition) is 3. The Labute approximate surface area is 426 Å². The van der Waals surface area contributed by atoms with Crippen LogP contribution in [0.5, 0.6) is 0 Å². The predicted molar refractivity (Wildman–Crippen MR) is 306 cm³/mol. The third-order valence-electron chi connectivity index (χ3n) is 13.4. The van der Waals surface area contributed by atoms with Crippen molar-refractivity contribution in [2.75, 3.05) is 0 Å². The summed E-state index contributed by atoms with van der Waals surface area (Å²) < 4.78 is 2.45. The first-order valence-corrected chi connectivity index (χ1v) is 24.6. The standard InChI is InChI=1S/C69H48N4/c1-2-3-4-11-36-56-41-60(69-71-67(53-34-22-10-23-35-53)70-68(72-69)59-43-57(50-28-16-7-17-29-50)42-58(44-59)51-30-18-8-19-31-51)47-61(52-32-20-9-21-33-52)66(56)73-64-39-37-54(48-24-12-5-13-25-48)45-62(64)63-46-55(38-40-65(63)73)49-26-14-6-15-27-49/h2-47H,1H2/b4-3-,36-11+. The Hall–Kier alpha value is -9.77. The fourth-order valence-electron chi connectivity index (χ4n) is 9.89. The summed E-state index contributed by atoms with van der Waals surface area (Å²) in [5.74, 6) is 1.74. The van der Waals surface area contributed by atoms with Crippen molar-refractivity contribution in [1.82, 2.24) is 19.5 Å². The van der Waals surface area contributed by atoms with E-state index in [9.17, 15) is 0 Å². The monoisotopic (exact) mass is 932 g/mol. The van der Waals surface area contributed by atoms with Crippen LogP contribution in [-0.4, -0.2) is 19.5 Å². The maximum Gasteiger partial charge on any atom is 0.164 e. The second kappa shape index (κ2) is 19.9. The fourth-order valence-corrected chi connectivity index (χ4v) is 9.89. The average Bonchev–Trinajstić information content (AvgIpc) is 3.80. The Balaban J connectivity index is 1.14. The van der Waals surface area contributed by atoms with Crippen molar-refractivity contribution in [2.45, 2.75) is 0 Å². The molecule has 0 bridgehead atoms. The molecule has 0 radical (unpaired) electrons. The quantitative estimate of drug-likeness (QED) is 0.115. The summed E-state index contributed by atoms with van der Waals surface area (Å²) in [5.41, 5.74) is 18.0. The summed E-state index contributed by atoms with van der Waals surface area (Å²) in [6.07, 6.45) is 10.0. The third kappa shape index (κ3) is 9.02. The molecule has 0 atom stereocenters. The molecule has 0 saturated heterocycles. The lowest BCUT2D eigenvalue weighted by Crippen LogP contribution is -2.04. The molecule has 2 aromatic heterocycles. The molecular weight excluding hydrogens is 885 g/mol. The van der Waals surface area contributed by atoms with Gasteiger partial charge in [-0.05, 0) is 110 Å². The maximum atomic E-state index is 5.44. The first-order chi connectivity index (χ1) is 36.1. The summed E-state index contributed by atoms with van der Waals surface area (Å²) in [4.78, 5) is 16.0. The molecule has 12 aromatic rings. The summed E-state index contributed by atoms with van der Waals surface area (Å²) in [7, 11) is 0. The second-order valence-corrected chi connectivity index (χ2v) is 18.0. The molecule has 4 nitrogen and oxygen atoms in total. The predicted octanol–water partition coefficient (Wildman–Crippen LogP) is 18.1. The van der Waals surface area contributed by atoms with Crippen LogP contribution in [0.15, 0.2) is 280 Å². The minimum atomic E-state index is 0.567. The van der Waals surface area contributed by atoms with Crippen molar-refractivity contribution in [3.63, 3.8) is 0 Å². The van der Waals surface area contributed by atoms with Crippen LogP contribution in [0.4, 0.5) is 0 Å². The van der Waals surface area contributed by atoms with Gasteiger partial charge in [-0.2, -0.15) is 0 Å². The number of benzene rings is 10. The van der Waals surface area contributed by atoms with Gasteiger partial charge in [-0.25, -0.2) is 15.0 Å². The van der Waals surface area contributed by atoms with Crippen molar-refractivity contribution in [3.05, 3.63) is 285 Å². The molecule has 10 aromatic carbocycles. The van der Waals surface area contributed by atoms with E-state index < -0.39 is 0 Å². The summed E-state index contributed by atoms with van der Waals surface area (Å²) in [6.45, 7) is 3.96. The van der Waals surface area contributed by atoms with Gasteiger partial charge in [0.2, 0.25) is 0 Å². The minimum absolute atomic E-state index is 0.567. The van der Waals surface area contributed by atoms with Crippen LogP contribution in [-0.2, 0) is 0 Å². The smallest absolute Gasteiger partial charge is 0.164 e. The van der Waals surface area contributed by atoms with E-state index >= 15 is 0 Å². The SMILES string of the molecule is C=C/C=C\C=C\c1cc(-c2nc(-c3ccccc3)nc(-c3cc(-c4ccccc4)cc(-c4ccccc4)c3)n2)cc(-c2ccccc2)c1-n1c2ccc(-c3ccccc3)cc2c2cc(-c3ccccc3)ccc21. The van der Waals surface area contributed by atoms with Gasteiger partial charge in [0, 0.05) is 33.0 Å². The highest BCUT2D eigenvalue weighted by Crippen LogP contribution is 2.43. The van der Waals surface area contributed by atoms with Crippen LogP contribution in [0.2, 0.25) is 0 Å². The van der Waals surface area contributed by atoms with Gasteiger partial charge in [0.1, 0.15) is 0 Å². The summed E-state index contributed by atoms with van der Waals surface area (Å²) in [5, 5.41) is 2.34. The number of fused-ring (bicyclic) bond motifs is 3. The molecule has 0 N–H and O–H groups in total. The van der Waals surface area contributed by atoms with Gasteiger partial charge in [-0.1, -0.05) is 231 Å². The highest BCUT2D eigenvalue weighted by atomic mass is 15.0. The van der Waals surface area contributed by atoms with Crippen LogP contribution in [0.3, 0.4) is 0 Å². The van der Waals surface area contributed by atoms with Gasteiger partial charge >= 0.3 is 0 Å². The first-order valence-electron chi connectivity index (χ1n) is 24.6. The van der Waals surface area contributed by atoms with Crippen molar-refractivity contribution >= 4 is 27.9 Å². The Bertz CT molecular complexity index is 3840. The molecule has 0 fully saturated rings. The van der Waals surface area contributed by atoms with E-state index in [2.05, 4.69) is 254 Å². The van der Waals surface area contributed by atoms with E-state index in [1.165, 1.54) is 21.9 Å². The van der Waals surface area contributed by atoms with Crippen molar-refractivity contribution in [2.24, 2.45) is 0 Å². The maximum absolute atomic E-state index is 5.44. The molecule has 2 heterocycles. The molecule has 12 rings (SSSR count). The summed E-state index contributed by atoms with van der Waals surface area (Å²) in [6, 6.07) is 88.1. The van der Waals surface area contributed by atoms with E-state index in [1.807, 2.05) is 30.4 Å². The van der Waals surface area contributed by atoms with Crippen molar-refractivity contribution in [3.8, 4) is 95.5 Å². The lowest BCUT2D eigenvalue weighted by molar-refractivity contribution is 1.07. The molecule has 73 heavy (non-hydrogen) atoms. The molecule has 0 amide bonds. The zero-order valence-electron chi connectivity index (χ0n) is 40.1. The van der Waals surface area contributed by atoms with Gasteiger partial charge in [0.25, 0.3) is 0 Å². The van der Waals surface area contributed by atoms with Crippen LogP contribution in [0, 0.1) is 0 Å². The van der Waals surface area contributed by atoms with Gasteiger partial charge in [-0.15, -0.1) is 0 Å². The second-order valence-electron chi connectivity index (χ2n) is 18.0. The van der Waals surface area contributed by atoms with Gasteiger partial charge < -0.3 is 4.57 Å². The normalized spacial score (nSPS) is 11.5. The lowest BCUT2D eigenvalue weighted by Gasteiger charge is -2.20. The van der Waals surface area contributed by atoms with Crippen LogP contribution in [0.1, 0.15) is 5.56 Å². The molecule has 0 saturated carbocycles. The van der Waals surface area contributed by atoms with Gasteiger partial charge in [0.05, 0.1) is 16.7 Å². The first kappa shape index (κ1) is 44.4. The zero-order valence-corrected chi connectivity index (χ0v) is 40.1. The Kier molecular flexibility index (Phi) is 12.1. The van der Waals surface area contributed by atoms with E-state index in [0.29, 0.717) is 17.5 Å². The Morgan fingerprint density at radius 2 is 0.685 bits per heavy atom.